The van der Waals surface area contributed by atoms with Crippen LogP contribution in [0.5, 0.6) is 0 Å². The van der Waals surface area contributed by atoms with Crippen LogP contribution in [-0.2, 0) is 0 Å². The minimum Gasteiger partial charge on any atom is -0.366 e. The van der Waals surface area contributed by atoms with Crippen molar-refractivity contribution in [1.29, 1.82) is 0 Å². The molecular formula is C21H19F2N5O2. The molecule has 30 heavy (non-hydrogen) atoms. The number of hydrogen-bond acceptors (Lipinski definition) is 5. The van der Waals surface area contributed by atoms with E-state index in [0.717, 1.165) is 0 Å². The first-order chi connectivity index (χ1) is 14.5. The van der Waals surface area contributed by atoms with Crippen LogP contribution in [0.2, 0.25) is 0 Å². The van der Waals surface area contributed by atoms with Crippen molar-refractivity contribution in [3.63, 3.8) is 0 Å². The van der Waals surface area contributed by atoms with Gasteiger partial charge in [0, 0.05) is 38.1 Å². The highest BCUT2D eigenvalue weighted by Crippen LogP contribution is 2.21. The number of benzene rings is 2. The molecule has 0 unspecified atom stereocenters. The van der Waals surface area contributed by atoms with Crippen LogP contribution in [0.25, 0.3) is 0 Å². The van der Waals surface area contributed by atoms with E-state index in [1.54, 1.807) is 18.2 Å². The quantitative estimate of drug-likeness (QED) is 0.690. The van der Waals surface area contributed by atoms with Gasteiger partial charge in [-0.25, -0.2) is 13.8 Å². The summed E-state index contributed by atoms with van der Waals surface area (Å²) >= 11 is 0. The van der Waals surface area contributed by atoms with Crippen LogP contribution in [-0.4, -0.2) is 42.1 Å². The molecule has 0 saturated carbocycles. The number of carbonyl (C=O) groups excluding carboxylic acids is 1. The predicted molar refractivity (Wildman–Crippen MR) is 110 cm³/mol. The van der Waals surface area contributed by atoms with Crippen LogP contribution in [0, 0.1) is 11.6 Å². The number of carbonyl (C=O) groups is 1. The van der Waals surface area contributed by atoms with Crippen molar-refractivity contribution >= 4 is 23.2 Å². The second-order valence-corrected chi connectivity index (χ2v) is 6.84. The summed E-state index contributed by atoms with van der Waals surface area (Å²) in [6, 6.07) is 11.8. The van der Waals surface area contributed by atoms with Gasteiger partial charge in [-0.15, -0.1) is 0 Å². The largest absolute Gasteiger partial charge is 0.366 e. The SMILES string of the molecule is O=C(Nc1ccc(F)cc1)c1cnc(N2CCN(c3ccccc3F)CC2)[nH]c1=O. The van der Waals surface area contributed by atoms with Crippen molar-refractivity contribution in [1.82, 2.24) is 9.97 Å². The smallest absolute Gasteiger partial charge is 0.265 e. The van der Waals surface area contributed by atoms with E-state index in [2.05, 4.69) is 15.3 Å². The Morgan fingerprint density at radius 2 is 1.63 bits per heavy atom. The molecular weight excluding hydrogens is 392 g/mol. The van der Waals surface area contributed by atoms with Gasteiger partial charge >= 0.3 is 0 Å². The van der Waals surface area contributed by atoms with E-state index in [4.69, 9.17) is 0 Å². The first-order valence-corrected chi connectivity index (χ1v) is 9.42. The van der Waals surface area contributed by atoms with Gasteiger partial charge < -0.3 is 15.1 Å². The summed E-state index contributed by atoms with van der Waals surface area (Å²) in [7, 11) is 0. The molecule has 0 spiro atoms. The van der Waals surface area contributed by atoms with Crippen LogP contribution in [0.1, 0.15) is 10.4 Å². The number of aromatic nitrogens is 2. The molecule has 9 heteroatoms. The van der Waals surface area contributed by atoms with Gasteiger partial charge in [-0.1, -0.05) is 12.1 Å². The van der Waals surface area contributed by atoms with Gasteiger partial charge in [0.15, 0.2) is 0 Å². The fraction of sp³-hybridized carbons (Fsp3) is 0.190. The summed E-state index contributed by atoms with van der Waals surface area (Å²) in [4.78, 5) is 35.4. The second kappa shape index (κ2) is 8.32. The Morgan fingerprint density at radius 1 is 0.967 bits per heavy atom. The standard InChI is InChI=1S/C21H19F2N5O2/c22-14-5-7-15(8-6-14)25-19(29)16-13-24-21(26-20(16)30)28-11-9-27(10-12-28)18-4-2-1-3-17(18)23/h1-8,13H,9-12H2,(H,25,29)(H,24,26,30). The summed E-state index contributed by atoms with van der Waals surface area (Å²) in [5.41, 5.74) is 0.199. The van der Waals surface area contributed by atoms with Crippen LogP contribution in [0.15, 0.2) is 59.5 Å². The van der Waals surface area contributed by atoms with E-state index in [9.17, 15) is 18.4 Å². The molecule has 0 aliphatic carbocycles. The highest BCUT2D eigenvalue weighted by atomic mass is 19.1. The number of anilines is 3. The van der Waals surface area contributed by atoms with Crippen LogP contribution >= 0.6 is 0 Å². The number of amides is 1. The number of nitrogens with zero attached hydrogens (tertiary/aromatic N) is 3. The first kappa shape index (κ1) is 19.6. The van der Waals surface area contributed by atoms with E-state index in [1.807, 2.05) is 9.80 Å². The molecule has 2 heterocycles. The molecule has 1 aliphatic heterocycles. The molecule has 1 fully saturated rings. The maximum atomic E-state index is 14.0. The summed E-state index contributed by atoms with van der Waals surface area (Å²) in [5.74, 6) is -0.973. The molecule has 2 aromatic carbocycles. The monoisotopic (exact) mass is 411 g/mol. The molecule has 1 aromatic heterocycles. The van der Waals surface area contributed by atoms with Gasteiger partial charge in [-0.3, -0.25) is 14.6 Å². The molecule has 4 rings (SSSR count). The Labute approximate surface area is 171 Å². The highest BCUT2D eigenvalue weighted by molar-refractivity contribution is 6.03. The van der Waals surface area contributed by atoms with Gasteiger partial charge in [0.25, 0.3) is 11.5 Å². The number of para-hydroxylation sites is 1. The third kappa shape index (κ3) is 4.14. The maximum Gasteiger partial charge on any atom is 0.265 e. The average Bonchev–Trinajstić information content (AvgIpc) is 2.76. The van der Waals surface area contributed by atoms with Crippen LogP contribution in [0.3, 0.4) is 0 Å². The summed E-state index contributed by atoms with van der Waals surface area (Å²) in [6.07, 6.45) is 1.22. The fourth-order valence-corrected chi connectivity index (χ4v) is 3.31. The Morgan fingerprint density at radius 3 is 2.30 bits per heavy atom. The maximum absolute atomic E-state index is 14.0. The first-order valence-electron chi connectivity index (χ1n) is 9.42. The second-order valence-electron chi connectivity index (χ2n) is 6.84. The molecule has 1 aliphatic rings. The van der Waals surface area contributed by atoms with E-state index < -0.39 is 17.3 Å². The molecule has 2 N–H and O–H groups in total. The molecule has 0 radical (unpaired) electrons. The van der Waals surface area contributed by atoms with Crippen molar-refractivity contribution in [3.05, 3.63) is 82.3 Å². The lowest BCUT2D eigenvalue weighted by atomic mass is 10.2. The fourth-order valence-electron chi connectivity index (χ4n) is 3.31. The van der Waals surface area contributed by atoms with Gasteiger partial charge in [-0.05, 0) is 36.4 Å². The third-order valence-electron chi connectivity index (χ3n) is 4.90. The number of piperazine rings is 1. The summed E-state index contributed by atoms with van der Waals surface area (Å²) < 4.78 is 26.9. The number of halogens is 2. The highest BCUT2D eigenvalue weighted by Gasteiger charge is 2.22. The number of aromatic amines is 1. The molecule has 154 valence electrons. The topological polar surface area (TPSA) is 81.3 Å². The number of rotatable bonds is 4. The van der Waals surface area contributed by atoms with Crippen LogP contribution < -0.4 is 20.7 Å². The third-order valence-corrected chi connectivity index (χ3v) is 4.90. The lowest BCUT2D eigenvalue weighted by Gasteiger charge is -2.36. The summed E-state index contributed by atoms with van der Waals surface area (Å²) in [5, 5.41) is 2.53. The lowest BCUT2D eigenvalue weighted by molar-refractivity contribution is 0.102. The predicted octanol–water partition coefficient (Wildman–Crippen LogP) is 2.63. The van der Waals surface area contributed by atoms with E-state index in [0.29, 0.717) is 43.5 Å². The Bertz CT molecular complexity index is 1110. The molecule has 3 aromatic rings. The molecule has 7 nitrogen and oxygen atoms in total. The summed E-state index contributed by atoms with van der Waals surface area (Å²) in [6.45, 7) is 2.21. The van der Waals surface area contributed by atoms with Crippen molar-refractivity contribution in [3.8, 4) is 0 Å². The minimum atomic E-state index is -0.633. The number of hydrogen-bond donors (Lipinski definition) is 2. The normalized spacial score (nSPS) is 13.9. The molecule has 1 saturated heterocycles. The van der Waals surface area contributed by atoms with Gasteiger partial charge in [0.05, 0.1) is 5.69 Å². The van der Waals surface area contributed by atoms with E-state index in [1.165, 1.54) is 36.5 Å². The Hall–Kier alpha value is -3.75. The van der Waals surface area contributed by atoms with Crippen molar-refractivity contribution in [2.24, 2.45) is 0 Å². The Kier molecular flexibility index (Phi) is 5.42. The van der Waals surface area contributed by atoms with E-state index >= 15 is 0 Å². The Balaban J connectivity index is 1.42. The van der Waals surface area contributed by atoms with E-state index in [-0.39, 0.29) is 11.4 Å². The van der Waals surface area contributed by atoms with Gasteiger partial charge in [0.1, 0.15) is 17.2 Å². The number of nitrogens with one attached hydrogen (secondary N) is 2. The van der Waals surface area contributed by atoms with Crippen molar-refractivity contribution < 1.29 is 13.6 Å². The van der Waals surface area contributed by atoms with Gasteiger partial charge in [0.2, 0.25) is 5.95 Å². The molecule has 0 bridgehead atoms. The average molecular weight is 411 g/mol. The van der Waals surface area contributed by atoms with Gasteiger partial charge in [-0.2, -0.15) is 0 Å². The number of H-pyrrole nitrogens is 1. The van der Waals surface area contributed by atoms with Crippen molar-refractivity contribution in [2.45, 2.75) is 0 Å². The minimum absolute atomic E-state index is 0.145. The zero-order valence-corrected chi connectivity index (χ0v) is 15.9. The molecule has 1 amide bonds. The van der Waals surface area contributed by atoms with Crippen LogP contribution in [0.4, 0.5) is 26.1 Å². The molecule has 0 atom stereocenters. The zero-order chi connectivity index (χ0) is 21.1. The zero-order valence-electron chi connectivity index (χ0n) is 15.9. The van der Waals surface area contributed by atoms with Crippen molar-refractivity contribution in [2.75, 3.05) is 41.3 Å². The lowest BCUT2D eigenvalue weighted by Crippen LogP contribution is -2.47.